The van der Waals surface area contributed by atoms with Crippen LogP contribution in [0.2, 0.25) is 5.15 Å². The van der Waals surface area contributed by atoms with E-state index in [1.165, 1.54) is 0 Å². The lowest BCUT2D eigenvalue weighted by Gasteiger charge is -2.44. The average molecular weight is 250 g/mol. The first-order valence-electron chi connectivity index (χ1n) is 5.80. The normalized spacial score (nSPS) is 27.2. The van der Waals surface area contributed by atoms with Crippen molar-refractivity contribution in [1.82, 2.24) is 20.5 Å². The second kappa shape index (κ2) is 3.34. The summed E-state index contributed by atoms with van der Waals surface area (Å²) >= 11 is 5.86. The van der Waals surface area contributed by atoms with Gasteiger partial charge in [-0.1, -0.05) is 11.6 Å². The van der Waals surface area contributed by atoms with Crippen LogP contribution in [0, 0.1) is 5.92 Å². The van der Waals surface area contributed by atoms with Crippen molar-refractivity contribution >= 4 is 28.3 Å². The number of aromatic amines is 1. The highest BCUT2D eigenvalue weighted by atomic mass is 35.5. The number of anilines is 1. The number of rotatable bonds is 1. The van der Waals surface area contributed by atoms with Crippen LogP contribution in [0.3, 0.4) is 0 Å². The van der Waals surface area contributed by atoms with Crippen molar-refractivity contribution in [3.05, 3.63) is 17.4 Å². The molecule has 0 radical (unpaired) electrons. The Morgan fingerprint density at radius 3 is 3.24 bits per heavy atom. The Labute approximate surface area is 103 Å². The molecule has 17 heavy (non-hydrogen) atoms. The van der Waals surface area contributed by atoms with E-state index < -0.39 is 0 Å². The summed E-state index contributed by atoms with van der Waals surface area (Å²) < 4.78 is 0. The van der Waals surface area contributed by atoms with Crippen LogP contribution in [-0.4, -0.2) is 40.9 Å². The Kier molecular flexibility index (Phi) is 1.90. The third-order valence-electron chi connectivity index (χ3n) is 3.80. The molecule has 0 bridgehead atoms. The van der Waals surface area contributed by atoms with Crippen molar-refractivity contribution in [2.24, 2.45) is 5.92 Å². The molecule has 2 atom stereocenters. The van der Waals surface area contributed by atoms with E-state index in [1.807, 2.05) is 6.07 Å². The molecule has 4 heterocycles. The number of hydrogen-bond donors (Lipinski definition) is 2. The van der Waals surface area contributed by atoms with Crippen LogP contribution >= 0.6 is 11.6 Å². The van der Waals surface area contributed by atoms with E-state index >= 15 is 0 Å². The van der Waals surface area contributed by atoms with Crippen LogP contribution in [0.4, 0.5) is 5.82 Å². The highest BCUT2D eigenvalue weighted by Crippen LogP contribution is 2.35. The first-order chi connectivity index (χ1) is 8.33. The maximum Gasteiger partial charge on any atom is 0.160 e. The van der Waals surface area contributed by atoms with Crippen molar-refractivity contribution in [1.29, 1.82) is 0 Å². The third kappa shape index (κ3) is 1.29. The van der Waals surface area contributed by atoms with Crippen LogP contribution in [0.25, 0.3) is 10.9 Å². The standard InChI is InChI=1S/C11H12ClN5/c12-10-1-8-7(3-14-10)11(16-15-8)17-5-6-2-13-4-9(6)17/h1,3,6,9,13H,2,4-5H2,(H,15,16). The molecule has 2 saturated heterocycles. The number of nitrogens with one attached hydrogen (secondary N) is 2. The predicted octanol–water partition coefficient (Wildman–Crippen LogP) is 1.02. The number of hydrogen-bond acceptors (Lipinski definition) is 4. The summed E-state index contributed by atoms with van der Waals surface area (Å²) in [6.07, 6.45) is 1.80. The SMILES string of the molecule is Clc1cc2[nH]nc(N3CC4CNCC43)c2cn1. The molecule has 2 aliphatic heterocycles. The van der Waals surface area contributed by atoms with E-state index in [2.05, 4.69) is 25.4 Å². The van der Waals surface area contributed by atoms with Gasteiger partial charge >= 0.3 is 0 Å². The highest BCUT2D eigenvalue weighted by Gasteiger charge is 2.43. The molecular formula is C11H12ClN5. The van der Waals surface area contributed by atoms with Crippen molar-refractivity contribution in [2.45, 2.75) is 6.04 Å². The molecule has 2 aromatic heterocycles. The largest absolute Gasteiger partial charge is 0.350 e. The van der Waals surface area contributed by atoms with E-state index in [9.17, 15) is 0 Å². The fraction of sp³-hybridized carbons (Fsp3) is 0.455. The predicted molar refractivity (Wildman–Crippen MR) is 66.4 cm³/mol. The molecule has 2 fully saturated rings. The van der Waals surface area contributed by atoms with Gasteiger partial charge in [0.15, 0.2) is 5.82 Å². The maximum absolute atomic E-state index is 5.86. The average Bonchev–Trinajstić information content (AvgIpc) is 2.85. The lowest BCUT2D eigenvalue weighted by Crippen LogP contribution is -2.56. The van der Waals surface area contributed by atoms with Crippen LogP contribution < -0.4 is 10.2 Å². The van der Waals surface area contributed by atoms with Gasteiger partial charge in [-0.3, -0.25) is 5.10 Å². The second-order valence-electron chi connectivity index (χ2n) is 4.74. The Morgan fingerprint density at radius 2 is 2.35 bits per heavy atom. The molecule has 2 aliphatic rings. The van der Waals surface area contributed by atoms with E-state index in [0.717, 1.165) is 42.3 Å². The van der Waals surface area contributed by atoms with Gasteiger partial charge in [0.2, 0.25) is 0 Å². The van der Waals surface area contributed by atoms with Gasteiger partial charge in [0.25, 0.3) is 0 Å². The Balaban J connectivity index is 1.76. The molecule has 0 aromatic carbocycles. The molecule has 2 aromatic rings. The van der Waals surface area contributed by atoms with E-state index in [-0.39, 0.29) is 0 Å². The van der Waals surface area contributed by atoms with Crippen molar-refractivity contribution in [3.63, 3.8) is 0 Å². The van der Waals surface area contributed by atoms with Crippen molar-refractivity contribution in [3.8, 4) is 0 Å². The molecule has 88 valence electrons. The summed E-state index contributed by atoms with van der Waals surface area (Å²) in [6, 6.07) is 2.41. The second-order valence-corrected chi connectivity index (χ2v) is 5.13. The minimum atomic E-state index is 0.497. The van der Waals surface area contributed by atoms with Crippen molar-refractivity contribution < 1.29 is 0 Å². The minimum Gasteiger partial charge on any atom is -0.350 e. The van der Waals surface area contributed by atoms with Gasteiger partial charge in [-0.25, -0.2) is 4.98 Å². The number of pyridine rings is 1. The summed E-state index contributed by atoms with van der Waals surface area (Å²) in [5.74, 6) is 1.79. The lowest BCUT2D eigenvalue weighted by molar-refractivity contribution is 0.363. The number of aromatic nitrogens is 3. The Morgan fingerprint density at radius 1 is 1.41 bits per heavy atom. The molecule has 6 heteroatoms. The van der Waals surface area contributed by atoms with Gasteiger partial charge in [-0.05, 0) is 0 Å². The van der Waals surface area contributed by atoms with Crippen molar-refractivity contribution in [2.75, 3.05) is 24.5 Å². The fourth-order valence-corrected chi connectivity index (χ4v) is 3.01. The van der Waals surface area contributed by atoms with Gasteiger partial charge in [0.1, 0.15) is 5.15 Å². The molecule has 0 saturated carbocycles. The Bertz CT molecular complexity index is 580. The molecule has 0 aliphatic carbocycles. The van der Waals surface area contributed by atoms with Crippen LogP contribution in [0.5, 0.6) is 0 Å². The maximum atomic E-state index is 5.86. The fourth-order valence-electron chi connectivity index (χ4n) is 2.86. The number of halogens is 1. The minimum absolute atomic E-state index is 0.497. The van der Waals surface area contributed by atoms with E-state index in [1.54, 1.807) is 6.20 Å². The lowest BCUT2D eigenvalue weighted by atomic mass is 9.92. The van der Waals surface area contributed by atoms with Crippen LogP contribution in [0.15, 0.2) is 12.3 Å². The third-order valence-corrected chi connectivity index (χ3v) is 4.01. The zero-order chi connectivity index (χ0) is 11.4. The monoisotopic (exact) mass is 249 g/mol. The summed E-state index contributed by atoms with van der Waals surface area (Å²) in [4.78, 5) is 6.48. The van der Waals surface area contributed by atoms with Crippen LogP contribution in [-0.2, 0) is 0 Å². The van der Waals surface area contributed by atoms with Gasteiger partial charge in [-0.2, -0.15) is 5.10 Å². The first-order valence-corrected chi connectivity index (χ1v) is 6.18. The highest BCUT2D eigenvalue weighted by molar-refractivity contribution is 6.30. The topological polar surface area (TPSA) is 56.8 Å². The summed E-state index contributed by atoms with van der Waals surface area (Å²) in [5, 5.41) is 12.4. The van der Waals surface area contributed by atoms with Gasteiger partial charge in [-0.15, -0.1) is 0 Å². The zero-order valence-corrected chi connectivity index (χ0v) is 9.91. The summed E-state index contributed by atoms with van der Waals surface area (Å²) in [6.45, 7) is 3.27. The quantitative estimate of drug-likeness (QED) is 0.741. The van der Waals surface area contributed by atoms with E-state index in [0.29, 0.717) is 11.2 Å². The number of nitrogens with zero attached hydrogens (tertiary/aromatic N) is 3. The first kappa shape index (κ1) is 9.67. The summed E-state index contributed by atoms with van der Waals surface area (Å²) in [7, 11) is 0. The molecule has 5 nitrogen and oxygen atoms in total. The van der Waals surface area contributed by atoms with E-state index in [4.69, 9.17) is 11.6 Å². The zero-order valence-electron chi connectivity index (χ0n) is 9.15. The molecule has 2 unspecified atom stereocenters. The van der Waals surface area contributed by atoms with Gasteiger partial charge in [0.05, 0.1) is 10.9 Å². The molecule has 0 spiro atoms. The molecular weight excluding hydrogens is 238 g/mol. The molecule has 2 N–H and O–H groups in total. The van der Waals surface area contributed by atoms with Crippen LogP contribution in [0.1, 0.15) is 0 Å². The molecule has 4 rings (SSSR count). The number of H-pyrrole nitrogens is 1. The van der Waals surface area contributed by atoms with Gasteiger partial charge in [0, 0.05) is 43.9 Å². The van der Waals surface area contributed by atoms with Gasteiger partial charge < -0.3 is 10.2 Å². The number of fused-ring (bicyclic) bond motifs is 2. The molecule has 0 amide bonds. The summed E-state index contributed by atoms with van der Waals surface area (Å²) in [5.41, 5.74) is 0.953. The Hall–Kier alpha value is -1.33. The smallest absolute Gasteiger partial charge is 0.160 e.